The highest BCUT2D eigenvalue weighted by Gasteiger charge is 2.20. The first-order chi connectivity index (χ1) is 18.1. The van der Waals surface area contributed by atoms with Gasteiger partial charge in [-0.3, -0.25) is 0 Å². The predicted octanol–water partition coefficient (Wildman–Crippen LogP) is 9.61. The molecule has 0 atom stereocenters. The third kappa shape index (κ3) is 7.19. The number of benzene rings is 3. The maximum Gasteiger partial charge on any atom is 0.201 e. The van der Waals surface area contributed by atoms with Crippen LogP contribution in [0.15, 0.2) is 85.5 Å². The normalized spacial score (nSPS) is 17.7. The molecule has 0 aliphatic heterocycles. The molecule has 3 aromatic rings. The fourth-order valence-corrected chi connectivity index (χ4v) is 5.28. The van der Waals surface area contributed by atoms with Crippen LogP contribution in [0.5, 0.6) is 5.75 Å². The monoisotopic (exact) mass is 500 g/mol. The van der Waals surface area contributed by atoms with Gasteiger partial charge < -0.3 is 4.74 Å². The quantitative estimate of drug-likeness (QED) is 0.238. The zero-order chi connectivity index (χ0) is 26.0. The van der Waals surface area contributed by atoms with Gasteiger partial charge in [0, 0.05) is 5.56 Å². The fraction of sp³-hybridized carbons (Fsp3) is 0.353. The Morgan fingerprint density at radius 1 is 0.811 bits per heavy atom. The topological polar surface area (TPSA) is 9.23 Å². The van der Waals surface area contributed by atoms with Gasteiger partial charge in [-0.2, -0.15) is 4.39 Å². The van der Waals surface area contributed by atoms with Gasteiger partial charge in [0.2, 0.25) is 5.82 Å². The minimum absolute atomic E-state index is 0.0470. The van der Waals surface area contributed by atoms with Crippen molar-refractivity contribution in [2.75, 3.05) is 6.61 Å². The second kappa shape index (κ2) is 13.4. The third-order valence-corrected chi connectivity index (χ3v) is 7.48. The second-order valence-electron chi connectivity index (χ2n) is 10.0. The van der Waals surface area contributed by atoms with Crippen LogP contribution in [0.3, 0.4) is 0 Å². The van der Waals surface area contributed by atoms with Gasteiger partial charge >= 0.3 is 0 Å². The van der Waals surface area contributed by atoms with E-state index in [0.717, 1.165) is 25.7 Å². The Bertz CT molecular complexity index is 1170. The second-order valence-corrected chi connectivity index (χ2v) is 10.0. The number of rotatable bonds is 11. The summed E-state index contributed by atoms with van der Waals surface area (Å²) in [4.78, 5) is 0. The molecule has 1 aliphatic carbocycles. The molecule has 0 radical (unpaired) electrons. The van der Waals surface area contributed by atoms with Crippen LogP contribution in [-0.2, 0) is 12.8 Å². The van der Waals surface area contributed by atoms with Crippen molar-refractivity contribution in [3.05, 3.63) is 114 Å². The van der Waals surface area contributed by atoms with Crippen molar-refractivity contribution in [2.45, 2.75) is 64.2 Å². The highest BCUT2D eigenvalue weighted by atomic mass is 19.2. The van der Waals surface area contributed by atoms with E-state index >= 15 is 0 Å². The zero-order valence-electron chi connectivity index (χ0n) is 21.9. The molecule has 0 spiro atoms. The Hall–Kier alpha value is -3.20. The molecule has 0 saturated heterocycles. The van der Waals surface area contributed by atoms with E-state index in [2.05, 4.69) is 43.0 Å². The first-order valence-electron chi connectivity index (χ1n) is 13.7. The molecule has 1 fully saturated rings. The SMILES string of the molecule is C=CCCc1ccc(C2CCC(C=CCCc3ccc(-c4ccc(OCC)c(F)c4F)cc3)CC2)cc1. The summed E-state index contributed by atoms with van der Waals surface area (Å²) in [6, 6.07) is 20.0. The smallest absolute Gasteiger partial charge is 0.201 e. The Balaban J connectivity index is 1.23. The summed E-state index contributed by atoms with van der Waals surface area (Å²) in [5.41, 5.74) is 5.00. The lowest BCUT2D eigenvalue weighted by Gasteiger charge is -2.27. The van der Waals surface area contributed by atoms with Gasteiger partial charge in [0.05, 0.1) is 6.61 Å². The number of ether oxygens (including phenoxy) is 1. The maximum absolute atomic E-state index is 14.5. The van der Waals surface area contributed by atoms with Crippen LogP contribution < -0.4 is 4.74 Å². The molecular weight excluding hydrogens is 462 g/mol. The van der Waals surface area contributed by atoms with Gasteiger partial charge in [-0.05, 0) is 105 Å². The molecule has 1 aliphatic rings. The summed E-state index contributed by atoms with van der Waals surface area (Å²) in [6.45, 7) is 5.85. The van der Waals surface area contributed by atoms with Gasteiger partial charge in [-0.15, -0.1) is 6.58 Å². The van der Waals surface area contributed by atoms with Crippen molar-refractivity contribution in [3.8, 4) is 16.9 Å². The molecule has 3 heteroatoms. The van der Waals surface area contributed by atoms with Gasteiger partial charge in [0.25, 0.3) is 0 Å². The predicted molar refractivity (Wildman–Crippen MR) is 150 cm³/mol. The van der Waals surface area contributed by atoms with Gasteiger partial charge in [-0.1, -0.05) is 66.8 Å². The summed E-state index contributed by atoms with van der Waals surface area (Å²) in [5, 5.41) is 0. The van der Waals surface area contributed by atoms with Gasteiger partial charge in [0.15, 0.2) is 11.6 Å². The molecule has 0 N–H and O–H groups in total. The molecular formula is C34H38F2O. The minimum Gasteiger partial charge on any atom is -0.491 e. The fourth-order valence-electron chi connectivity index (χ4n) is 5.28. The summed E-state index contributed by atoms with van der Waals surface area (Å²) >= 11 is 0. The average molecular weight is 501 g/mol. The molecule has 0 amide bonds. The van der Waals surface area contributed by atoms with Crippen molar-refractivity contribution < 1.29 is 13.5 Å². The van der Waals surface area contributed by atoms with Crippen LogP contribution in [0.1, 0.15) is 68.1 Å². The highest BCUT2D eigenvalue weighted by molar-refractivity contribution is 5.65. The molecule has 0 unspecified atom stereocenters. The number of halogens is 2. The van der Waals surface area contributed by atoms with E-state index in [1.807, 2.05) is 30.3 Å². The number of aryl methyl sites for hydroxylation is 2. The maximum atomic E-state index is 14.5. The molecule has 0 heterocycles. The molecule has 37 heavy (non-hydrogen) atoms. The summed E-state index contributed by atoms with van der Waals surface area (Å²) in [6.07, 6.45) is 15.7. The van der Waals surface area contributed by atoms with Crippen LogP contribution in [0.25, 0.3) is 11.1 Å². The summed E-state index contributed by atoms with van der Waals surface area (Å²) < 4.78 is 33.9. The number of allylic oxidation sites excluding steroid dienone is 3. The largest absolute Gasteiger partial charge is 0.491 e. The first-order valence-corrected chi connectivity index (χ1v) is 13.7. The molecule has 3 aromatic carbocycles. The zero-order valence-corrected chi connectivity index (χ0v) is 21.9. The van der Waals surface area contributed by atoms with Gasteiger partial charge in [0.1, 0.15) is 0 Å². The third-order valence-electron chi connectivity index (χ3n) is 7.48. The van der Waals surface area contributed by atoms with Crippen LogP contribution in [0.4, 0.5) is 8.78 Å². The Morgan fingerprint density at radius 2 is 1.46 bits per heavy atom. The lowest BCUT2D eigenvalue weighted by atomic mass is 9.78. The van der Waals surface area contributed by atoms with Crippen LogP contribution >= 0.6 is 0 Å². The number of hydrogen-bond acceptors (Lipinski definition) is 1. The molecule has 4 rings (SSSR count). The van der Waals surface area contributed by atoms with Crippen molar-refractivity contribution in [2.24, 2.45) is 5.92 Å². The molecule has 194 valence electrons. The van der Waals surface area contributed by atoms with Crippen molar-refractivity contribution in [1.82, 2.24) is 0 Å². The van der Waals surface area contributed by atoms with E-state index in [4.69, 9.17) is 4.74 Å². The Kier molecular flexibility index (Phi) is 9.71. The van der Waals surface area contributed by atoms with E-state index in [1.54, 1.807) is 13.0 Å². The van der Waals surface area contributed by atoms with Crippen LogP contribution in [0, 0.1) is 17.6 Å². The molecule has 1 saturated carbocycles. The van der Waals surface area contributed by atoms with Crippen LogP contribution in [0.2, 0.25) is 0 Å². The summed E-state index contributed by atoms with van der Waals surface area (Å²) in [5.74, 6) is -0.487. The number of hydrogen-bond donors (Lipinski definition) is 0. The lowest BCUT2D eigenvalue weighted by molar-refractivity contribution is 0.314. The lowest BCUT2D eigenvalue weighted by Crippen LogP contribution is -2.11. The highest BCUT2D eigenvalue weighted by Crippen LogP contribution is 2.36. The van der Waals surface area contributed by atoms with Gasteiger partial charge in [-0.25, -0.2) is 4.39 Å². The molecule has 0 bridgehead atoms. The van der Waals surface area contributed by atoms with Crippen LogP contribution in [-0.4, -0.2) is 6.61 Å². The van der Waals surface area contributed by atoms with E-state index < -0.39 is 11.6 Å². The molecule has 1 nitrogen and oxygen atoms in total. The van der Waals surface area contributed by atoms with Crippen molar-refractivity contribution in [3.63, 3.8) is 0 Å². The van der Waals surface area contributed by atoms with E-state index in [1.165, 1.54) is 48.4 Å². The van der Waals surface area contributed by atoms with Crippen molar-refractivity contribution in [1.29, 1.82) is 0 Å². The van der Waals surface area contributed by atoms with E-state index in [9.17, 15) is 8.78 Å². The first kappa shape index (κ1) is 26.9. The van der Waals surface area contributed by atoms with E-state index in [0.29, 0.717) is 24.0 Å². The molecule has 0 aromatic heterocycles. The standard InChI is InChI=1S/C34H38F2O/c1-3-5-8-25-11-17-28(18-12-25)29-19-13-26(14-20-29)9-6-7-10-27-15-21-30(22-16-27)31-23-24-32(37-4-2)34(36)33(31)35/h3,6,9,11-12,15-18,21-24,26,29H,1,4-5,7-8,10,13-14,19-20H2,2H3. The Labute approximate surface area is 220 Å². The van der Waals surface area contributed by atoms with E-state index in [-0.39, 0.29) is 11.3 Å². The minimum atomic E-state index is -0.931. The Morgan fingerprint density at radius 3 is 2.11 bits per heavy atom. The van der Waals surface area contributed by atoms with Crippen molar-refractivity contribution >= 4 is 0 Å². The average Bonchev–Trinajstić information content (AvgIpc) is 2.94. The summed E-state index contributed by atoms with van der Waals surface area (Å²) in [7, 11) is 0.